The van der Waals surface area contributed by atoms with Crippen LogP contribution in [0.3, 0.4) is 0 Å². The zero-order valence-electron chi connectivity index (χ0n) is 16.1. The average molecular weight is 371 g/mol. The van der Waals surface area contributed by atoms with Gasteiger partial charge in [0.15, 0.2) is 0 Å². The molecule has 27 heavy (non-hydrogen) atoms. The van der Waals surface area contributed by atoms with Crippen molar-refractivity contribution in [2.24, 2.45) is 0 Å². The molecule has 0 saturated heterocycles. The van der Waals surface area contributed by atoms with E-state index >= 15 is 0 Å². The van der Waals surface area contributed by atoms with E-state index in [1.165, 1.54) is 25.8 Å². The van der Waals surface area contributed by atoms with Crippen molar-refractivity contribution in [2.75, 3.05) is 0 Å². The Balaban J connectivity index is 2.12. The van der Waals surface area contributed by atoms with Gasteiger partial charge in [-0.25, -0.2) is 0 Å². The second kappa shape index (κ2) is 7.62. The van der Waals surface area contributed by atoms with Crippen LogP contribution < -0.4 is 0 Å². The fourth-order valence-corrected chi connectivity index (χ4v) is 8.34. The molecule has 0 aliphatic heterocycles. The van der Waals surface area contributed by atoms with Gasteiger partial charge in [-0.3, -0.25) is 0 Å². The van der Waals surface area contributed by atoms with Crippen molar-refractivity contribution in [3.8, 4) is 0 Å². The largest absolute Gasteiger partial charge is 0.137 e. The molecule has 1 heteroatoms. The zero-order valence-corrected chi connectivity index (χ0v) is 16.9. The van der Waals surface area contributed by atoms with Crippen molar-refractivity contribution < 1.29 is 0 Å². The lowest BCUT2D eigenvalue weighted by Crippen LogP contribution is -2.08. The van der Waals surface area contributed by atoms with Crippen LogP contribution in [0.1, 0.15) is 24.0 Å². The summed E-state index contributed by atoms with van der Waals surface area (Å²) >= 11 is 0. The van der Waals surface area contributed by atoms with E-state index in [0.717, 1.165) is 12.8 Å². The molecular weight excluding hydrogens is 344 g/mol. The lowest BCUT2D eigenvalue weighted by Gasteiger charge is -2.44. The molecule has 0 radical (unpaired) electrons. The second-order valence-electron chi connectivity index (χ2n) is 7.16. The van der Waals surface area contributed by atoms with Crippen molar-refractivity contribution in [3.63, 3.8) is 0 Å². The smallest absolute Gasteiger partial charge is 0.00253 e. The SMILES string of the molecule is Cc1cc(C)cc(S(C2=CC=CCC2)(c2ccccc2)c2ccccc2)c1. The summed E-state index contributed by atoms with van der Waals surface area (Å²) in [7, 11) is -1.47. The third-order valence-electron chi connectivity index (χ3n) is 5.11. The van der Waals surface area contributed by atoms with Crippen LogP contribution in [0.4, 0.5) is 0 Å². The lowest BCUT2D eigenvalue weighted by atomic mass is 10.2. The molecule has 0 aromatic heterocycles. The van der Waals surface area contributed by atoms with Gasteiger partial charge in [-0.1, -0.05) is 60.7 Å². The number of benzene rings is 3. The number of hydrogen-bond donors (Lipinski definition) is 0. The molecule has 0 fully saturated rings. The normalized spacial score (nSPS) is 14.7. The Morgan fingerprint density at radius 2 is 1.22 bits per heavy atom. The van der Waals surface area contributed by atoms with Gasteiger partial charge in [0.05, 0.1) is 0 Å². The highest BCUT2D eigenvalue weighted by molar-refractivity contribution is 8.37. The van der Waals surface area contributed by atoms with Crippen molar-refractivity contribution in [2.45, 2.75) is 41.4 Å². The first-order valence-electron chi connectivity index (χ1n) is 9.59. The highest BCUT2D eigenvalue weighted by Crippen LogP contribution is 2.74. The molecule has 4 rings (SSSR count). The quantitative estimate of drug-likeness (QED) is 0.439. The number of allylic oxidation sites excluding steroid dienone is 4. The summed E-state index contributed by atoms with van der Waals surface area (Å²) in [5.41, 5.74) is 2.67. The molecule has 0 bridgehead atoms. The summed E-state index contributed by atoms with van der Waals surface area (Å²) in [6, 6.07) is 29.3. The predicted molar refractivity (Wildman–Crippen MR) is 118 cm³/mol. The van der Waals surface area contributed by atoms with E-state index in [4.69, 9.17) is 0 Å². The van der Waals surface area contributed by atoms with E-state index in [1.807, 2.05) is 0 Å². The van der Waals surface area contributed by atoms with Crippen molar-refractivity contribution in [1.29, 1.82) is 0 Å². The van der Waals surface area contributed by atoms with Crippen molar-refractivity contribution in [3.05, 3.63) is 113 Å². The zero-order chi connectivity index (χ0) is 18.7. The van der Waals surface area contributed by atoms with Crippen LogP contribution in [-0.4, -0.2) is 0 Å². The summed E-state index contributed by atoms with van der Waals surface area (Å²) in [5.74, 6) is 0. The molecule has 0 spiro atoms. The van der Waals surface area contributed by atoms with E-state index < -0.39 is 10.0 Å². The van der Waals surface area contributed by atoms with E-state index in [9.17, 15) is 0 Å². The molecule has 3 aromatic carbocycles. The topological polar surface area (TPSA) is 0 Å². The third kappa shape index (κ3) is 3.28. The third-order valence-corrected chi connectivity index (χ3v) is 9.14. The number of rotatable bonds is 4. The van der Waals surface area contributed by atoms with Crippen LogP contribution in [0.2, 0.25) is 0 Å². The Labute approximate surface area is 164 Å². The van der Waals surface area contributed by atoms with E-state index in [2.05, 4.69) is 111 Å². The maximum Gasteiger partial charge on any atom is 0.00253 e. The Kier molecular flexibility index (Phi) is 5.05. The lowest BCUT2D eigenvalue weighted by molar-refractivity contribution is 1.01. The second-order valence-corrected chi connectivity index (χ2v) is 10.3. The summed E-state index contributed by atoms with van der Waals surface area (Å²) in [6.07, 6.45) is 9.13. The van der Waals surface area contributed by atoms with E-state index in [1.54, 1.807) is 4.91 Å². The summed E-state index contributed by atoms with van der Waals surface area (Å²) in [6.45, 7) is 4.43. The Morgan fingerprint density at radius 3 is 1.70 bits per heavy atom. The minimum Gasteiger partial charge on any atom is -0.137 e. The molecule has 0 N–H and O–H groups in total. The van der Waals surface area contributed by atoms with Gasteiger partial charge in [0.2, 0.25) is 0 Å². The first kappa shape index (κ1) is 17.9. The van der Waals surface area contributed by atoms with Crippen LogP contribution in [0, 0.1) is 13.8 Å². The molecule has 3 aromatic rings. The van der Waals surface area contributed by atoms with Crippen molar-refractivity contribution >= 4 is 10.0 Å². The van der Waals surface area contributed by atoms with E-state index in [0.29, 0.717) is 0 Å². The maximum absolute atomic E-state index is 2.40. The van der Waals surface area contributed by atoms with Gasteiger partial charge in [-0.15, -0.1) is 10.0 Å². The Bertz CT molecular complexity index is 921. The highest BCUT2D eigenvalue weighted by Gasteiger charge is 2.35. The molecule has 0 atom stereocenters. The van der Waals surface area contributed by atoms with Gasteiger partial charge in [-0.05, 0) is 79.1 Å². The van der Waals surface area contributed by atoms with Gasteiger partial charge in [0, 0.05) is 14.7 Å². The fraction of sp³-hybridized carbons (Fsp3) is 0.154. The first-order valence-corrected chi connectivity index (χ1v) is 11.2. The van der Waals surface area contributed by atoms with Gasteiger partial charge in [0.1, 0.15) is 0 Å². The first-order chi connectivity index (χ1) is 13.2. The van der Waals surface area contributed by atoms with Crippen LogP contribution in [-0.2, 0) is 0 Å². The standard InChI is InChI=1S/C26H26S/c1-21-18-22(2)20-26(19-21)27(23-12-6-3-7-13-23,24-14-8-4-9-15-24)25-16-10-5-11-17-25/h3-10,12-16,18-20H,11,17H2,1-2H3. The van der Waals surface area contributed by atoms with Gasteiger partial charge < -0.3 is 0 Å². The molecule has 0 nitrogen and oxygen atoms in total. The van der Waals surface area contributed by atoms with Gasteiger partial charge >= 0.3 is 0 Å². The van der Waals surface area contributed by atoms with E-state index in [-0.39, 0.29) is 0 Å². The van der Waals surface area contributed by atoms with Crippen molar-refractivity contribution in [1.82, 2.24) is 0 Å². The molecule has 0 saturated carbocycles. The van der Waals surface area contributed by atoms with Crippen LogP contribution in [0.15, 0.2) is 117 Å². The predicted octanol–water partition coefficient (Wildman–Crippen LogP) is 7.82. The monoisotopic (exact) mass is 370 g/mol. The Morgan fingerprint density at radius 1 is 0.667 bits per heavy atom. The molecule has 1 aliphatic carbocycles. The Hall–Kier alpha value is -2.51. The fourth-order valence-electron chi connectivity index (χ4n) is 4.06. The van der Waals surface area contributed by atoms with Gasteiger partial charge in [-0.2, -0.15) is 0 Å². The highest BCUT2D eigenvalue weighted by atomic mass is 32.3. The minimum atomic E-state index is -1.47. The molecule has 1 aliphatic rings. The van der Waals surface area contributed by atoms with Crippen LogP contribution in [0.5, 0.6) is 0 Å². The average Bonchev–Trinajstić information content (AvgIpc) is 2.70. The number of aryl methyl sites for hydroxylation is 2. The molecule has 0 unspecified atom stereocenters. The summed E-state index contributed by atoms with van der Waals surface area (Å²) in [4.78, 5) is 5.83. The number of hydrogen-bond acceptors (Lipinski definition) is 0. The summed E-state index contributed by atoms with van der Waals surface area (Å²) < 4.78 is 0. The summed E-state index contributed by atoms with van der Waals surface area (Å²) in [5, 5.41) is 0. The maximum atomic E-state index is 2.40. The van der Waals surface area contributed by atoms with Crippen LogP contribution in [0.25, 0.3) is 0 Å². The molecular formula is C26H26S. The molecule has 0 heterocycles. The minimum absolute atomic E-state index is 1.11. The molecule has 136 valence electrons. The van der Waals surface area contributed by atoms with Crippen LogP contribution >= 0.6 is 10.0 Å². The van der Waals surface area contributed by atoms with Gasteiger partial charge in [0.25, 0.3) is 0 Å². The molecule has 0 amide bonds.